The van der Waals surface area contributed by atoms with Crippen LogP contribution in [0, 0.1) is 0 Å². The molecule has 1 aliphatic carbocycles. The number of pyridine rings is 2. The van der Waals surface area contributed by atoms with Crippen LogP contribution in [0.1, 0.15) is 42.5 Å². The number of hydrogen-bond acceptors (Lipinski definition) is 4. The number of anilines is 2. The summed E-state index contributed by atoms with van der Waals surface area (Å²) < 4.78 is 0. The molecule has 0 radical (unpaired) electrons. The fourth-order valence-electron chi connectivity index (χ4n) is 3.53. The minimum absolute atomic E-state index is 0.178. The Morgan fingerprint density at radius 1 is 1.04 bits per heavy atom. The van der Waals surface area contributed by atoms with E-state index in [2.05, 4.69) is 20.6 Å². The lowest BCUT2D eigenvalue weighted by molar-refractivity contribution is 0.102. The number of carbonyl (C=O) groups is 1. The molecule has 1 fully saturated rings. The molecule has 1 saturated carbocycles. The summed E-state index contributed by atoms with van der Waals surface area (Å²) >= 11 is 0. The topological polar surface area (TPSA) is 66.9 Å². The summed E-state index contributed by atoms with van der Waals surface area (Å²) in [6.07, 6.45) is 11.3. The van der Waals surface area contributed by atoms with Gasteiger partial charge in [-0.3, -0.25) is 14.8 Å². The van der Waals surface area contributed by atoms with Crippen LogP contribution in [0.15, 0.2) is 55.0 Å². The van der Waals surface area contributed by atoms with Crippen LogP contribution in [0.2, 0.25) is 0 Å². The van der Waals surface area contributed by atoms with Crippen LogP contribution in [0.3, 0.4) is 0 Å². The monoisotopic (exact) mass is 346 g/mol. The Balaban J connectivity index is 1.51. The lowest BCUT2D eigenvalue weighted by atomic mass is 9.95. The van der Waals surface area contributed by atoms with Crippen molar-refractivity contribution in [2.75, 3.05) is 10.6 Å². The van der Waals surface area contributed by atoms with Gasteiger partial charge in [-0.1, -0.05) is 37.5 Å². The van der Waals surface area contributed by atoms with Gasteiger partial charge in [-0.25, -0.2) is 0 Å². The van der Waals surface area contributed by atoms with Gasteiger partial charge in [0.1, 0.15) is 0 Å². The highest BCUT2D eigenvalue weighted by Crippen LogP contribution is 2.23. The Morgan fingerprint density at radius 2 is 1.88 bits per heavy atom. The smallest absolute Gasteiger partial charge is 0.257 e. The molecular weight excluding hydrogens is 324 g/mol. The van der Waals surface area contributed by atoms with Gasteiger partial charge in [0, 0.05) is 30.0 Å². The first-order valence-electron chi connectivity index (χ1n) is 9.16. The van der Waals surface area contributed by atoms with Crippen molar-refractivity contribution in [1.29, 1.82) is 0 Å². The predicted molar refractivity (Wildman–Crippen MR) is 104 cm³/mol. The molecule has 1 amide bonds. The predicted octanol–water partition coefficient (Wildman–Crippen LogP) is 4.63. The lowest BCUT2D eigenvalue weighted by Gasteiger charge is -2.23. The van der Waals surface area contributed by atoms with Gasteiger partial charge in [0.25, 0.3) is 5.91 Å². The molecule has 0 saturated heterocycles. The standard InChI is InChI=1S/C21H22N4O/c26-21(25-19-10-4-6-15-7-5-11-23-20(15)19)16-12-18(14-22-13-16)24-17-8-2-1-3-9-17/h4-7,10-14,17,24H,1-3,8-9H2,(H,25,26). The van der Waals surface area contributed by atoms with Gasteiger partial charge >= 0.3 is 0 Å². The maximum Gasteiger partial charge on any atom is 0.257 e. The van der Waals surface area contributed by atoms with Crippen LogP contribution in [0.4, 0.5) is 11.4 Å². The Bertz CT molecular complexity index is 913. The van der Waals surface area contributed by atoms with Crippen molar-refractivity contribution >= 4 is 28.2 Å². The molecule has 1 aliphatic rings. The van der Waals surface area contributed by atoms with E-state index in [4.69, 9.17) is 0 Å². The van der Waals surface area contributed by atoms with Gasteiger partial charge in [0.05, 0.1) is 22.5 Å². The van der Waals surface area contributed by atoms with Crippen LogP contribution >= 0.6 is 0 Å². The molecule has 1 aromatic carbocycles. The quantitative estimate of drug-likeness (QED) is 0.723. The van der Waals surface area contributed by atoms with Gasteiger partial charge in [0.15, 0.2) is 0 Å². The zero-order chi connectivity index (χ0) is 17.8. The molecule has 3 aromatic rings. The molecule has 2 aromatic heterocycles. The van der Waals surface area contributed by atoms with E-state index in [1.165, 1.54) is 32.1 Å². The second-order valence-electron chi connectivity index (χ2n) is 6.78. The van der Waals surface area contributed by atoms with Crippen molar-refractivity contribution in [1.82, 2.24) is 9.97 Å². The number of para-hydroxylation sites is 1. The van der Waals surface area contributed by atoms with E-state index in [1.807, 2.05) is 36.4 Å². The zero-order valence-corrected chi connectivity index (χ0v) is 14.6. The molecule has 26 heavy (non-hydrogen) atoms. The van der Waals surface area contributed by atoms with Crippen molar-refractivity contribution in [3.05, 3.63) is 60.6 Å². The number of nitrogens with one attached hydrogen (secondary N) is 2. The summed E-state index contributed by atoms with van der Waals surface area (Å²) in [5.74, 6) is -0.178. The van der Waals surface area contributed by atoms with Crippen LogP contribution < -0.4 is 10.6 Å². The average Bonchev–Trinajstić information content (AvgIpc) is 2.69. The van der Waals surface area contributed by atoms with E-state index in [0.29, 0.717) is 17.3 Å². The molecule has 2 heterocycles. The average molecular weight is 346 g/mol. The van der Waals surface area contributed by atoms with E-state index in [-0.39, 0.29) is 5.91 Å². The number of amides is 1. The first kappa shape index (κ1) is 16.5. The van der Waals surface area contributed by atoms with Gasteiger partial charge in [-0.05, 0) is 31.0 Å². The molecule has 0 spiro atoms. The highest BCUT2D eigenvalue weighted by atomic mass is 16.1. The Kier molecular flexibility index (Phi) is 4.78. The summed E-state index contributed by atoms with van der Waals surface area (Å²) in [6, 6.07) is 12.0. The molecule has 2 N–H and O–H groups in total. The van der Waals surface area contributed by atoms with Crippen molar-refractivity contribution < 1.29 is 4.79 Å². The highest BCUT2D eigenvalue weighted by Gasteiger charge is 2.15. The SMILES string of the molecule is O=C(Nc1cccc2cccnc12)c1cncc(NC2CCCCC2)c1. The summed E-state index contributed by atoms with van der Waals surface area (Å²) in [4.78, 5) is 21.3. The third-order valence-corrected chi connectivity index (χ3v) is 4.86. The first-order valence-corrected chi connectivity index (χ1v) is 9.16. The number of fused-ring (bicyclic) bond motifs is 1. The van der Waals surface area contributed by atoms with E-state index in [0.717, 1.165) is 16.6 Å². The van der Waals surface area contributed by atoms with Crippen molar-refractivity contribution in [3.8, 4) is 0 Å². The largest absolute Gasteiger partial charge is 0.381 e. The molecule has 0 atom stereocenters. The number of benzene rings is 1. The molecule has 132 valence electrons. The molecule has 0 aliphatic heterocycles. The number of carbonyl (C=O) groups excluding carboxylic acids is 1. The van der Waals surface area contributed by atoms with Gasteiger partial charge in [-0.15, -0.1) is 0 Å². The molecule has 4 rings (SSSR count). The maximum atomic E-state index is 12.7. The Morgan fingerprint density at radius 3 is 2.77 bits per heavy atom. The second kappa shape index (κ2) is 7.52. The summed E-state index contributed by atoms with van der Waals surface area (Å²) in [7, 11) is 0. The van der Waals surface area contributed by atoms with Crippen LogP contribution in [0.5, 0.6) is 0 Å². The minimum Gasteiger partial charge on any atom is -0.381 e. The number of hydrogen-bond donors (Lipinski definition) is 2. The highest BCUT2D eigenvalue weighted by molar-refractivity contribution is 6.08. The Hall–Kier alpha value is -2.95. The molecule has 0 bridgehead atoms. The normalized spacial score (nSPS) is 14.9. The third-order valence-electron chi connectivity index (χ3n) is 4.86. The van der Waals surface area contributed by atoms with E-state index in [1.54, 1.807) is 18.6 Å². The van der Waals surface area contributed by atoms with Crippen LogP contribution in [0.25, 0.3) is 10.9 Å². The molecular formula is C21H22N4O. The molecule has 0 unspecified atom stereocenters. The van der Waals surface area contributed by atoms with E-state index >= 15 is 0 Å². The summed E-state index contributed by atoms with van der Waals surface area (Å²) in [6.45, 7) is 0. The van der Waals surface area contributed by atoms with Crippen molar-refractivity contribution in [2.24, 2.45) is 0 Å². The number of nitrogens with zero attached hydrogens (tertiary/aromatic N) is 2. The first-order chi connectivity index (χ1) is 12.8. The second-order valence-corrected chi connectivity index (χ2v) is 6.78. The number of rotatable bonds is 4. The van der Waals surface area contributed by atoms with Crippen LogP contribution in [-0.4, -0.2) is 21.9 Å². The van der Waals surface area contributed by atoms with Crippen LogP contribution in [-0.2, 0) is 0 Å². The van der Waals surface area contributed by atoms with Gasteiger partial charge < -0.3 is 10.6 Å². The molecule has 5 heteroatoms. The van der Waals surface area contributed by atoms with Gasteiger partial charge in [-0.2, -0.15) is 0 Å². The van der Waals surface area contributed by atoms with E-state index in [9.17, 15) is 4.79 Å². The number of aromatic nitrogens is 2. The fraction of sp³-hybridized carbons (Fsp3) is 0.286. The summed E-state index contributed by atoms with van der Waals surface area (Å²) in [5, 5.41) is 7.47. The van der Waals surface area contributed by atoms with Crippen molar-refractivity contribution in [3.63, 3.8) is 0 Å². The van der Waals surface area contributed by atoms with E-state index < -0.39 is 0 Å². The minimum atomic E-state index is -0.178. The maximum absolute atomic E-state index is 12.7. The zero-order valence-electron chi connectivity index (χ0n) is 14.6. The van der Waals surface area contributed by atoms with Crippen molar-refractivity contribution in [2.45, 2.75) is 38.1 Å². The summed E-state index contributed by atoms with van der Waals surface area (Å²) in [5.41, 5.74) is 2.94. The Labute approximate surface area is 152 Å². The lowest BCUT2D eigenvalue weighted by Crippen LogP contribution is -2.22. The van der Waals surface area contributed by atoms with Gasteiger partial charge in [0.2, 0.25) is 0 Å². The third kappa shape index (κ3) is 3.67. The fourth-order valence-corrected chi connectivity index (χ4v) is 3.53. The molecule has 5 nitrogen and oxygen atoms in total.